The van der Waals surface area contributed by atoms with Crippen molar-refractivity contribution in [3.63, 3.8) is 0 Å². The van der Waals surface area contributed by atoms with Gasteiger partial charge in [-0.3, -0.25) is 4.79 Å². The topological polar surface area (TPSA) is 61.4 Å². The quantitative estimate of drug-likeness (QED) is 0.756. The number of benzene rings is 1. The summed E-state index contributed by atoms with van der Waals surface area (Å²) in [6, 6.07) is 8.95. The van der Waals surface area contributed by atoms with Gasteiger partial charge in [-0.2, -0.15) is 0 Å². The normalized spacial score (nSPS) is 23.0. The van der Waals surface area contributed by atoms with E-state index in [1.807, 2.05) is 0 Å². The van der Waals surface area contributed by atoms with Crippen molar-refractivity contribution in [3.8, 4) is 0 Å². The maximum atomic E-state index is 10.9. The van der Waals surface area contributed by atoms with Gasteiger partial charge in [0.2, 0.25) is 5.91 Å². The summed E-state index contributed by atoms with van der Waals surface area (Å²) in [6.07, 6.45) is 4.93. The first kappa shape index (κ1) is 17.0. The zero-order chi connectivity index (χ0) is 15.9. The van der Waals surface area contributed by atoms with Crippen LogP contribution >= 0.6 is 0 Å². The molecule has 1 fully saturated rings. The molecule has 1 aliphatic rings. The number of hydrogen-bond donors (Lipinski definition) is 3. The van der Waals surface area contributed by atoms with E-state index in [-0.39, 0.29) is 24.1 Å². The van der Waals surface area contributed by atoms with Crippen molar-refractivity contribution in [1.82, 2.24) is 10.6 Å². The smallest absolute Gasteiger partial charge is 0.216 e. The largest absolute Gasteiger partial charge is 0.392 e. The van der Waals surface area contributed by atoms with E-state index in [9.17, 15) is 9.90 Å². The Morgan fingerprint density at radius 2 is 1.95 bits per heavy atom. The van der Waals surface area contributed by atoms with Gasteiger partial charge in [-0.1, -0.05) is 37.1 Å². The first-order valence-corrected chi connectivity index (χ1v) is 8.33. The second kappa shape index (κ2) is 8.30. The molecule has 1 aliphatic carbocycles. The zero-order valence-electron chi connectivity index (χ0n) is 13.6. The first-order valence-electron chi connectivity index (χ1n) is 8.33. The SMILES string of the molecule is CC(=O)NCCc1ccc(C(C)NC2CCCCC2O)cc1. The Hall–Kier alpha value is -1.39. The van der Waals surface area contributed by atoms with Crippen LogP contribution in [-0.2, 0) is 11.2 Å². The van der Waals surface area contributed by atoms with Gasteiger partial charge in [0.05, 0.1) is 6.10 Å². The highest BCUT2D eigenvalue weighted by molar-refractivity contribution is 5.72. The van der Waals surface area contributed by atoms with Gasteiger partial charge in [-0.15, -0.1) is 0 Å². The average molecular weight is 304 g/mol. The van der Waals surface area contributed by atoms with Crippen LogP contribution in [0, 0.1) is 0 Å². The number of rotatable bonds is 6. The van der Waals surface area contributed by atoms with E-state index in [4.69, 9.17) is 0 Å². The number of aliphatic hydroxyl groups excluding tert-OH is 1. The molecule has 0 heterocycles. The van der Waals surface area contributed by atoms with Crippen LogP contribution in [-0.4, -0.2) is 29.7 Å². The maximum Gasteiger partial charge on any atom is 0.216 e. The van der Waals surface area contributed by atoms with Crippen molar-refractivity contribution in [2.45, 2.75) is 64.1 Å². The molecule has 0 aromatic heterocycles. The highest BCUT2D eigenvalue weighted by Gasteiger charge is 2.24. The van der Waals surface area contributed by atoms with Gasteiger partial charge in [0.1, 0.15) is 0 Å². The number of hydrogen-bond acceptors (Lipinski definition) is 3. The van der Waals surface area contributed by atoms with Crippen LogP contribution in [0.4, 0.5) is 0 Å². The Labute approximate surface area is 133 Å². The Morgan fingerprint density at radius 1 is 1.27 bits per heavy atom. The Kier molecular flexibility index (Phi) is 6.40. The first-order chi connectivity index (χ1) is 10.6. The standard InChI is InChI=1S/C18H28N2O2/c1-13(20-17-5-3-4-6-18(17)22)16-9-7-15(8-10-16)11-12-19-14(2)21/h7-10,13,17-18,20,22H,3-6,11-12H2,1-2H3,(H,19,21). The second-order valence-electron chi connectivity index (χ2n) is 6.32. The number of amides is 1. The minimum atomic E-state index is -0.215. The molecule has 1 aromatic carbocycles. The molecule has 1 aromatic rings. The molecule has 0 radical (unpaired) electrons. The summed E-state index contributed by atoms with van der Waals surface area (Å²) in [7, 11) is 0. The molecule has 2 rings (SSSR count). The van der Waals surface area contributed by atoms with Crippen LogP contribution in [0.2, 0.25) is 0 Å². The molecule has 3 N–H and O–H groups in total. The van der Waals surface area contributed by atoms with E-state index in [2.05, 4.69) is 41.8 Å². The number of aliphatic hydroxyl groups is 1. The average Bonchev–Trinajstić information content (AvgIpc) is 2.50. The number of carbonyl (C=O) groups excluding carboxylic acids is 1. The molecule has 0 aliphatic heterocycles. The highest BCUT2D eigenvalue weighted by Crippen LogP contribution is 2.22. The van der Waals surface area contributed by atoms with Gasteiger partial charge in [-0.05, 0) is 37.3 Å². The van der Waals surface area contributed by atoms with Gasteiger partial charge in [0, 0.05) is 25.6 Å². The van der Waals surface area contributed by atoms with Gasteiger partial charge in [-0.25, -0.2) is 0 Å². The fraction of sp³-hybridized carbons (Fsp3) is 0.611. The monoisotopic (exact) mass is 304 g/mol. The summed E-state index contributed by atoms with van der Waals surface area (Å²) in [4.78, 5) is 10.9. The third kappa shape index (κ3) is 5.11. The number of nitrogens with one attached hydrogen (secondary N) is 2. The van der Waals surface area contributed by atoms with Crippen LogP contribution in [0.5, 0.6) is 0 Å². The maximum absolute atomic E-state index is 10.9. The lowest BCUT2D eigenvalue weighted by molar-refractivity contribution is -0.118. The lowest BCUT2D eigenvalue weighted by atomic mass is 9.91. The second-order valence-corrected chi connectivity index (χ2v) is 6.32. The van der Waals surface area contributed by atoms with Crippen LogP contribution in [0.25, 0.3) is 0 Å². The van der Waals surface area contributed by atoms with Crippen molar-refractivity contribution < 1.29 is 9.90 Å². The minimum absolute atomic E-state index is 0.0143. The molecule has 4 nitrogen and oxygen atoms in total. The van der Waals surface area contributed by atoms with Crippen molar-refractivity contribution in [2.24, 2.45) is 0 Å². The van der Waals surface area contributed by atoms with Crippen molar-refractivity contribution in [1.29, 1.82) is 0 Å². The lowest BCUT2D eigenvalue weighted by Crippen LogP contribution is -2.43. The predicted molar refractivity (Wildman–Crippen MR) is 88.6 cm³/mol. The fourth-order valence-electron chi connectivity index (χ4n) is 3.08. The molecule has 3 atom stereocenters. The molecule has 0 spiro atoms. The van der Waals surface area contributed by atoms with Gasteiger partial charge in [0.25, 0.3) is 0 Å². The summed E-state index contributed by atoms with van der Waals surface area (Å²) in [5, 5.41) is 16.4. The van der Waals surface area contributed by atoms with E-state index in [1.54, 1.807) is 0 Å². The van der Waals surface area contributed by atoms with E-state index in [0.717, 1.165) is 25.7 Å². The van der Waals surface area contributed by atoms with Crippen molar-refractivity contribution >= 4 is 5.91 Å². The molecule has 22 heavy (non-hydrogen) atoms. The molecule has 4 heteroatoms. The molecule has 1 saturated carbocycles. The molecular formula is C18H28N2O2. The predicted octanol–water partition coefficient (Wildman–Crippen LogP) is 2.32. The third-order valence-electron chi connectivity index (χ3n) is 4.46. The summed E-state index contributed by atoms with van der Waals surface area (Å²) < 4.78 is 0. The van der Waals surface area contributed by atoms with E-state index in [1.165, 1.54) is 24.5 Å². The summed E-state index contributed by atoms with van der Waals surface area (Å²) >= 11 is 0. The summed E-state index contributed by atoms with van der Waals surface area (Å²) in [5.74, 6) is 0.0143. The zero-order valence-corrected chi connectivity index (χ0v) is 13.6. The molecule has 0 bridgehead atoms. The Bertz CT molecular complexity index is 472. The molecule has 1 amide bonds. The van der Waals surface area contributed by atoms with E-state index >= 15 is 0 Å². The minimum Gasteiger partial charge on any atom is -0.392 e. The summed E-state index contributed by atoms with van der Waals surface area (Å²) in [5.41, 5.74) is 2.46. The highest BCUT2D eigenvalue weighted by atomic mass is 16.3. The molecule has 3 unspecified atom stereocenters. The lowest BCUT2D eigenvalue weighted by Gasteiger charge is -2.31. The van der Waals surface area contributed by atoms with Crippen molar-refractivity contribution in [2.75, 3.05) is 6.54 Å². The fourth-order valence-corrected chi connectivity index (χ4v) is 3.08. The van der Waals surface area contributed by atoms with Crippen LogP contribution in [0.3, 0.4) is 0 Å². The van der Waals surface area contributed by atoms with Gasteiger partial charge in [0.15, 0.2) is 0 Å². The Balaban J connectivity index is 1.84. The molecule has 0 saturated heterocycles. The van der Waals surface area contributed by atoms with Crippen LogP contribution < -0.4 is 10.6 Å². The molecule has 122 valence electrons. The van der Waals surface area contributed by atoms with E-state index in [0.29, 0.717) is 6.54 Å². The number of carbonyl (C=O) groups is 1. The van der Waals surface area contributed by atoms with Crippen molar-refractivity contribution in [3.05, 3.63) is 35.4 Å². The third-order valence-corrected chi connectivity index (χ3v) is 4.46. The summed E-state index contributed by atoms with van der Waals surface area (Å²) in [6.45, 7) is 4.36. The van der Waals surface area contributed by atoms with Crippen LogP contribution in [0.1, 0.15) is 56.7 Å². The Morgan fingerprint density at radius 3 is 2.59 bits per heavy atom. The van der Waals surface area contributed by atoms with Gasteiger partial charge >= 0.3 is 0 Å². The van der Waals surface area contributed by atoms with Gasteiger partial charge < -0.3 is 15.7 Å². The van der Waals surface area contributed by atoms with E-state index < -0.39 is 0 Å². The molecular weight excluding hydrogens is 276 g/mol. The van der Waals surface area contributed by atoms with Crippen LogP contribution in [0.15, 0.2) is 24.3 Å².